The van der Waals surface area contributed by atoms with E-state index in [-0.39, 0.29) is 11.8 Å². The van der Waals surface area contributed by atoms with Crippen LogP contribution in [0.1, 0.15) is 31.4 Å². The van der Waals surface area contributed by atoms with E-state index in [1.165, 1.54) is 0 Å². The van der Waals surface area contributed by atoms with Crippen LogP contribution in [0.15, 0.2) is 18.2 Å². The van der Waals surface area contributed by atoms with Gasteiger partial charge in [0.1, 0.15) is 5.75 Å². The van der Waals surface area contributed by atoms with E-state index in [0.717, 1.165) is 16.9 Å². The molecule has 0 saturated carbocycles. The molecular formula is C15H24N2O2. The zero-order valence-electron chi connectivity index (χ0n) is 12.0. The molecule has 1 atom stereocenters. The second kappa shape index (κ2) is 7.79. The second-order valence-electron chi connectivity index (χ2n) is 4.85. The molecule has 19 heavy (non-hydrogen) atoms. The van der Waals surface area contributed by atoms with E-state index in [9.17, 15) is 4.79 Å². The van der Waals surface area contributed by atoms with Gasteiger partial charge in [-0.3, -0.25) is 4.79 Å². The molecule has 4 heteroatoms. The van der Waals surface area contributed by atoms with Gasteiger partial charge < -0.3 is 15.8 Å². The van der Waals surface area contributed by atoms with E-state index < -0.39 is 0 Å². The fourth-order valence-corrected chi connectivity index (χ4v) is 1.81. The standard InChI is InChI=1S/C15H24N2O2/c1-4-19-14-6-5-13(8-12(14)3)10-17-15(18)7-11(2)9-16/h5-6,8,11H,4,7,9-10,16H2,1-3H3,(H,17,18). The lowest BCUT2D eigenvalue weighted by Crippen LogP contribution is -2.26. The number of nitrogens with two attached hydrogens (primary N) is 1. The molecule has 106 valence electrons. The highest BCUT2D eigenvalue weighted by Crippen LogP contribution is 2.19. The molecule has 0 aromatic heterocycles. The molecule has 4 nitrogen and oxygen atoms in total. The highest BCUT2D eigenvalue weighted by molar-refractivity contribution is 5.76. The Balaban J connectivity index is 2.49. The molecular weight excluding hydrogens is 240 g/mol. The van der Waals surface area contributed by atoms with Gasteiger partial charge in [-0.05, 0) is 43.5 Å². The topological polar surface area (TPSA) is 64.3 Å². The van der Waals surface area contributed by atoms with Gasteiger partial charge in [0, 0.05) is 13.0 Å². The summed E-state index contributed by atoms with van der Waals surface area (Å²) in [5.41, 5.74) is 7.66. The normalized spacial score (nSPS) is 12.0. The summed E-state index contributed by atoms with van der Waals surface area (Å²) < 4.78 is 5.48. The van der Waals surface area contributed by atoms with Crippen LogP contribution < -0.4 is 15.8 Å². The molecule has 0 radical (unpaired) electrons. The van der Waals surface area contributed by atoms with Crippen molar-refractivity contribution in [1.29, 1.82) is 0 Å². The van der Waals surface area contributed by atoms with Crippen molar-refractivity contribution in [2.75, 3.05) is 13.2 Å². The molecule has 0 aliphatic heterocycles. The lowest BCUT2D eigenvalue weighted by atomic mass is 10.1. The number of amides is 1. The Morgan fingerprint density at radius 2 is 2.21 bits per heavy atom. The maximum absolute atomic E-state index is 11.6. The maximum Gasteiger partial charge on any atom is 0.220 e. The van der Waals surface area contributed by atoms with Gasteiger partial charge in [0.2, 0.25) is 5.91 Å². The minimum absolute atomic E-state index is 0.0458. The van der Waals surface area contributed by atoms with Crippen LogP contribution in [0, 0.1) is 12.8 Å². The van der Waals surface area contributed by atoms with Gasteiger partial charge in [0.25, 0.3) is 0 Å². The van der Waals surface area contributed by atoms with Crippen LogP contribution in [0.2, 0.25) is 0 Å². The van der Waals surface area contributed by atoms with Crippen LogP contribution >= 0.6 is 0 Å². The molecule has 0 spiro atoms. The molecule has 0 aliphatic carbocycles. The molecule has 1 amide bonds. The Bertz CT molecular complexity index is 419. The van der Waals surface area contributed by atoms with Gasteiger partial charge >= 0.3 is 0 Å². The van der Waals surface area contributed by atoms with Crippen LogP contribution in [0.3, 0.4) is 0 Å². The molecule has 0 aliphatic rings. The van der Waals surface area contributed by atoms with Crippen LogP contribution in [-0.4, -0.2) is 19.1 Å². The quantitative estimate of drug-likeness (QED) is 0.791. The van der Waals surface area contributed by atoms with Gasteiger partial charge in [-0.25, -0.2) is 0 Å². The molecule has 3 N–H and O–H groups in total. The molecule has 0 bridgehead atoms. The first-order chi connectivity index (χ1) is 9.06. The number of aryl methyl sites for hydroxylation is 1. The number of carbonyl (C=O) groups excluding carboxylic acids is 1. The molecule has 0 fully saturated rings. The first kappa shape index (κ1) is 15.5. The van der Waals surface area contributed by atoms with Gasteiger partial charge in [-0.1, -0.05) is 19.1 Å². The zero-order chi connectivity index (χ0) is 14.3. The molecule has 1 aromatic rings. The van der Waals surface area contributed by atoms with E-state index in [0.29, 0.717) is 26.1 Å². The fourth-order valence-electron chi connectivity index (χ4n) is 1.81. The summed E-state index contributed by atoms with van der Waals surface area (Å²) in [5, 5.41) is 2.91. The fraction of sp³-hybridized carbons (Fsp3) is 0.533. The van der Waals surface area contributed by atoms with Crippen molar-refractivity contribution in [1.82, 2.24) is 5.32 Å². The van der Waals surface area contributed by atoms with E-state index >= 15 is 0 Å². The number of benzene rings is 1. The average Bonchev–Trinajstić information content (AvgIpc) is 2.39. The van der Waals surface area contributed by atoms with Crippen LogP contribution in [0.25, 0.3) is 0 Å². The molecule has 1 unspecified atom stereocenters. The molecule has 1 rings (SSSR count). The van der Waals surface area contributed by atoms with E-state index in [2.05, 4.69) is 5.32 Å². The van der Waals surface area contributed by atoms with Gasteiger partial charge in [0.05, 0.1) is 6.61 Å². The number of carbonyl (C=O) groups is 1. The van der Waals surface area contributed by atoms with Crippen molar-refractivity contribution >= 4 is 5.91 Å². The Hall–Kier alpha value is -1.55. The molecule has 0 heterocycles. The monoisotopic (exact) mass is 264 g/mol. The highest BCUT2D eigenvalue weighted by atomic mass is 16.5. The van der Waals surface area contributed by atoms with Crippen molar-refractivity contribution in [3.8, 4) is 5.75 Å². The number of hydrogen-bond donors (Lipinski definition) is 2. The van der Waals surface area contributed by atoms with E-state index in [4.69, 9.17) is 10.5 Å². The van der Waals surface area contributed by atoms with Gasteiger partial charge in [0.15, 0.2) is 0 Å². The Morgan fingerprint density at radius 1 is 1.47 bits per heavy atom. The summed E-state index contributed by atoms with van der Waals surface area (Å²) >= 11 is 0. The Labute approximate surface area is 115 Å². The number of rotatable bonds is 7. The maximum atomic E-state index is 11.6. The summed E-state index contributed by atoms with van der Waals surface area (Å²) in [6, 6.07) is 5.96. The van der Waals surface area contributed by atoms with Gasteiger partial charge in [-0.2, -0.15) is 0 Å². The third kappa shape index (κ3) is 5.30. The summed E-state index contributed by atoms with van der Waals surface area (Å²) in [6.45, 7) is 7.69. The summed E-state index contributed by atoms with van der Waals surface area (Å²) in [6.07, 6.45) is 0.479. The van der Waals surface area contributed by atoms with E-state index in [1.807, 2.05) is 39.0 Å². The Kier molecular flexibility index (Phi) is 6.36. The lowest BCUT2D eigenvalue weighted by molar-refractivity contribution is -0.122. The number of ether oxygens (including phenoxy) is 1. The predicted octanol–water partition coefficient (Wildman–Crippen LogP) is 1.99. The highest BCUT2D eigenvalue weighted by Gasteiger charge is 2.07. The van der Waals surface area contributed by atoms with Crippen molar-refractivity contribution < 1.29 is 9.53 Å². The van der Waals surface area contributed by atoms with Crippen molar-refractivity contribution in [3.05, 3.63) is 29.3 Å². The second-order valence-corrected chi connectivity index (χ2v) is 4.85. The largest absolute Gasteiger partial charge is 0.494 e. The third-order valence-corrected chi connectivity index (χ3v) is 2.97. The minimum Gasteiger partial charge on any atom is -0.494 e. The summed E-state index contributed by atoms with van der Waals surface area (Å²) in [4.78, 5) is 11.6. The van der Waals surface area contributed by atoms with Crippen molar-refractivity contribution in [3.63, 3.8) is 0 Å². The summed E-state index contributed by atoms with van der Waals surface area (Å²) in [5.74, 6) is 1.17. The molecule has 1 aromatic carbocycles. The summed E-state index contributed by atoms with van der Waals surface area (Å²) in [7, 11) is 0. The van der Waals surface area contributed by atoms with Gasteiger partial charge in [-0.15, -0.1) is 0 Å². The Morgan fingerprint density at radius 3 is 2.79 bits per heavy atom. The number of hydrogen-bond acceptors (Lipinski definition) is 3. The van der Waals surface area contributed by atoms with Crippen molar-refractivity contribution in [2.24, 2.45) is 11.7 Å². The first-order valence-corrected chi connectivity index (χ1v) is 6.75. The zero-order valence-corrected chi connectivity index (χ0v) is 12.0. The van der Waals surface area contributed by atoms with E-state index in [1.54, 1.807) is 0 Å². The van der Waals surface area contributed by atoms with Crippen LogP contribution in [0.5, 0.6) is 5.75 Å². The van der Waals surface area contributed by atoms with Crippen LogP contribution in [0.4, 0.5) is 0 Å². The minimum atomic E-state index is 0.0458. The SMILES string of the molecule is CCOc1ccc(CNC(=O)CC(C)CN)cc1C. The smallest absolute Gasteiger partial charge is 0.220 e. The lowest BCUT2D eigenvalue weighted by Gasteiger charge is -2.11. The third-order valence-electron chi connectivity index (χ3n) is 2.97. The van der Waals surface area contributed by atoms with Crippen LogP contribution in [-0.2, 0) is 11.3 Å². The first-order valence-electron chi connectivity index (χ1n) is 6.75. The molecule has 0 saturated heterocycles. The van der Waals surface area contributed by atoms with Crippen molar-refractivity contribution in [2.45, 2.75) is 33.7 Å². The predicted molar refractivity (Wildman–Crippen MR) is 77.0 cm³/mol. The number of nitrogens with one attached hydrogen (secondary N) is 1. The average molecular weight is 264 g/mol.